The summed E-state index contributed by atoms with van der Waals surface area (Å²) in [5.74, 6) is -0.117. The molecule has 30 heavy (non-hydrogen) atoms. The predicted octanol–water partition coefficient (Wildman–Crippen LogP) is 4.18. The van der Waals surface area contributed by atoms with E-state index in [0.29, 0.717) is 22.1 Å². The van der Waals surface area contributed by atoms with E-state index >= 15 is 0 Å². The molecular weight excluding hydrogens is 396 g/mol. The minimum Gasteiger partial charge on any atom is -0.350 e. The molecule has 0 atom stereocenters. The van der Waals surface area contributed by atoms with Gasteiger partial charge in [-0.25, -0.2) is 4.79 Å². The number of amides is 3. The molecule has 1 aliphatic rings. The standard InChI is InChI=1S/C23H24N4O2S/c28-22(24-13-15-27-14-12-17-6-4-5-7-18(17)16-27)20-10-11-21(30-20)26-23(29)25-19-8-2-1-3-9-19/h1-11H,12-16H2,(H,24,28)(H2,25,26,29). The number of nitrogens with zero attached hydrogens (tertiary/aromatic N) is 1. The molecule has 0 saturated carbocycles. The highest BCUT2D eigenvalue weighted by molar-refractivity contribution is 7.18. The van der Waals surface area contributed by atoms with Crippen LogP contribution in [0.3, 0.4) is 0 Å². The number of carbonyl (C=O) groups is 2. The summed E-state index contributed by atoms with van der Waals surface area (Å²) in [5.41, 5.74) is 3.51. The van der Waals surface area contributed by atoms with Crippen molar-refractivity contribution in [3.63, 3.8) is 0 Å². The Morgan fingerprint density at radius 2 is 1.67 bits per heavy atom. The molecule has 4 rings (SSSR count). The summed E-state index contributed by atoms with van der Waals surface area (Å²) in [4.78, 5) is 27.4. The zero-order chi connectivity index (χ0) is 20.8. The van der Waals surface area contributed by atoms with Crippen molar-refractivity contribution in [3.8, 4) is 0 Å². The van der Waals surface area contributed by atoms with Crippen molar-refractivity contribution >= 4 is 34.0 Å². The molecule has 3 N–H and O–H groups in total. The molecule has 2 heterocycles. The number of anilines is 2. The van der Waals surface area contributed by atoms with Gasteiger partial charge < -0.3 is 10.6 Å². The summed E-state index contributed by atoms with van der Waals surface area (Å²) < 4.78 is 0. The van der Waals surface area contributed by atoms with Crippen molar-refractivity contribution in [1.29, 1.82) is 0 Å². The normalized spacial score (nSPS) is 13.3. The molecule has 0 fully saturated rings. The van der Waals surface area contributed by atoms with E-state index < -0.39 is 0 Å². The molecule has 0 radical (unpaired) electrons. The van der Waals surface area contributed by atoms with Crippen LogP contribution in [0.15, 0.2) is 66.7 Å². The lowest BCUT2D eigenvalue weighted by atomic mass is 10.00. The molecule has 2 aromatic carbocycles. The molecule has 1 aromatic heterocycles. The monoisotopic (exact) mass is 420 g/mol. The summed E-state index contributed by atoms with van der Waals surface area (Å²) in [6.07, 6.45) is 1.05. The first-order chi connectivity index (χ1) is 14.7. The van der Waals surface area contributed by atoms with Crippen molar-refractivity contribution in [1.82, 2.24) is 10.2 Å². The fourth-order valence-corrected chi connectivity index (χ4v) is 4.30. The van der Waals surface area contributed by atoms with Crippen LogP contribution in [0.4, 0.5) is 15.5 Å². The first-order valence-corrected chi connectivity index (χ1v) is 10.8. The van der Waals surface area contributed by atoms with Crippen LogP contribution >= 0.6 is 11.3 Å². The van der Waals surface area contributed by atoms with E-state index in [4.69, 9.17) is 0 Å². The largest absolute Gasteiger partial charge is 0.350 e. The van der Waals surface area contributed by atoms with E-state index in [1.165, 1.54) is 22.5 Å². The van der Waals surface area contributed by atoms with Crippen molar-refractivity contribution in [2.75, 3.05) is 30.3 Å². The predicted molar refractivity (Wildman–Crippen MR) is 121 cm³/mol. The number of fused-ring (bicyclic) bond motifs is 1. The lowest BCUT2D eigenvalue weighted by Gasteiger charge is -2.28. The van der Waals surface area contributed by atoms with E-state index in [1.807, 2.05) is 30.3 Å². The number of carbonyl (C=O) groups excluding carboxylic acids is 2. The minimum atomic E-state index is -0.333. The Bertz CT molecular complexity index is 1020. The average molecular weight is 421 g/mol. The third kappa shape index (κ3) is 5.25. The van der Waals surface area contributed by atoms with Gasteiger partial charge in [-0.05, 0) is 41.8 Å². The zero-order valence-electron chi connectivity index (χ0n) is 16.6. The summed E-state index contributed by atoms with van der Waals surface area (Å²) >= 11 is 1.26. The third-order valence-electron chi connectivity index (χ3n) is 5.02. The highest BCUT2D eigenvalue weighted by Gasteiger charge is 2.16. The molecule has 0 aliphatic carbocycles. The van der Waals surface area contributed by atoms with Gasteiger partial charge in [-0.1, -0.05) is 42.5 Å². The Kier molecular flexibility index (Phi) is 6.41. The number of rotatable bonds is 6. The first kappa shape index (κ1) is 20.1. The van der Waals surface area contributed by atoms with Gasteiger partial charge in [0.25, 0.3) is 5.91 Å². The molecular formula is C23H24N4O2S. The van der Waals surface area contributed by atoms with Gasteiger partial charge >= 0.3 is 6.03 Å². The second-order valence-corrected chi connectivity index (χ2v) is 8.24. The van der Waals surface area contributed by atoms with E-state index in [2.05, 4.69) is 45.1 Å². The molecule has 3 aromatic rings. The van der Waals surface area contributed by atoms with Crippen molar-refractivity contribution in [2.24, 2.45) is 0 Å². The fourth-order valence-electron chi connectivity index (χ4n) is 3.48. The van der Waals surface area contributed by atoms with Gasteiger partial charge in [-0.3, -0.25) is 15.0 Å². The minimum absolute atomic E-state index is 0.117. The Morgan fingerprint density at radius 3 is 2.50 bits per heavy atom. The molecule has 0 spiro atoms. The van der Waals surface area contributed by atoms with Gasteiger partial charge in [0.1, 0.15) is 0 Å². The van der Waals surface area contributed by atoms with Gasteiger partial charge in [0.05, 0.1) is 9.88 Å². The SMILES string of the molecule is O=C(Nc1ccccc1)Nc1ccc(C(=O)NCCN2CCc3ccccc3C2)s1. The summed E-state index contributed by atoms with van der Waals surface area (Å²) in [7, 11) is 0. The van der Waals surface area contributed by atoms with Gasteiger partial charge in [-0.2, -0.15) is 0 Å². The quantitative estimate of drug-likeness (QED) is 0.560. The Hall–Kier alpha value is -3.16. The summed E-state index contributed by atoms with van der Waals surface area (Å²) in [6.45, 7) is 3.35. The van der Waals surface area contributed by atoms with Gasteiger partial charge in [0.15, 0.2) is 0 Å². The molecule has 3 amide bonds. The number of thiophene rings is 1. The van der Waals surface area contributed by atoms with Crippen LogP contribution in [0.2, 0.25) is 0 Å². The lowest BCUT2D eigenvalue weighted by Crippen LogP contribution is -2.37. The van der Waals surface area contributed by atoms with Gasteiger partial charge in [0.2, 0.25) is 0 Å². The Balaban J connectivity index is 1.22. The van der Waals surface area contributed by atoms with Crippen LogP contribution in [0.5, 0.6) is 0 Å². The van der Waals surface area contributed by atoms with Crippen molar-refractivity contribution in [3.05, 3.63) is 82.7 Å². The molecule has 1 aliphatic heterocycles. The first-order valence-electron chi connectivity index (χ1n) is 9.97. The Morgan fingerprint density at radius 1 is 0.900 bits per heavy atom. The Labute approximate surface area is 179 Å². The highest BCUT2D eigenvalue weighted by atomic mass is 32.1. The van der Waals surface area contributed by atoms with Gasteiger partial charge in [-0.15, -0.1) is 11.3 Å². The molecule has 154 valence electrons. The van der Waals surface area contributed by atoms with Crippen LogP contribution < -0.4 is 16.0 Å². The number of nitrogens with one attached hydrogen (secondary N) is 3. The number of benzene rings is 2. The zero-order valence-corrected chi connectivity index (χ0v) is 17.4. The molecule has 0 unspecified atom stereocenters. The fraction of sp³-hybridized carbons (Fsp3) is 0.217. The van der Waals surface area contributed by atoms with Crippen molar-refractivity contribution < 1.29 is 9.59 Å². The maximum Gasteiger partial charge on any atom is 0.324 e. The smallest absolute Gasteiger partial charge is 0.324 e. The molecule has 7 heteroatoms. The molecule has 6 nitrogen and oxygen atoms in total. The van der Waals surface area contributed by atoms with Crippen LogP contribution in [0.1, 0.15) is 20.8 Å². The highest BCUT2D eigenvalue weighted by Crippen LogP contribution is 2.22. The summed E-state index contributed by atoms with van der Waals surface area (Å²) in [5, 5.41) is 9.12. The second kappa shape index (κ2) is 9.56. The maximum atomic E-state index is 12.4. The summed E-state index contributed by atoms with van der Waals surface area (Å²) in [6, 6.07) is 20.9. The lowest BCUT2D eigenvalue weighted by molar-refractivity contribution is 0.0951. The van der Waals surface area contributed by atoms with Gasteiger partial charge in [0, 0.05) is 31.9 Å². The second-order valence-electron chi connectivity index (χ2n) is 7.16. The number of para-hydroxylation sites is 1. The molecule has 0 bridgehead atoms. The van der Waals surface area contributed by atoms with E-state index in [0.717, 1.165) is 26.1 Å². The van der Waals surface area contributed by atoms with E-state index in [-0.39, 0.29) is 11.9 Å². The van der Waals surface area contributed by atoms with E-state index in [1.54, 1.807) is 12.1 Å². The molecule has 0 saturated heterocycles. The van der Waals surface area contributed by atoms with Crippen LogP contribution in [0, 0.1) is 0 Å². The van der Waals surface area contributed by atoms with Crippen molar-refractivity contribution in [2.45, 2.75) is 13.0 Å². The average Bonchev–Trinajstić information content (AvgIpc) is 3.22. The van der Waals surface area contributed by atoms with Crippen LogP contribution in [-0.2, 0) is 13.0 Å². The number of hydrogen-bond donors (Lipinski definition) is 3. The third-order valence-corrected chi connectivity index (χ3v) is 6.02. The number of hydrogen-bond acceptors (Lipinski definition) is 4. The van der Waals surface area contributed by atoms with Crippen LogP contribution in [-0.4, -0.2) is 36.5 Å². The van der Waals surface area contributed by atoms with E-state index in [9.17, 15) is 9.59 Å². The van der Waals surface area contributed by atoms with Crippen LogP contribution in [0.25, 0.3) is 0 Å². The topological polar surface area (TPSA) is 73.5 Å². The number of urea groups is 1. The maximum absolute atomic E-state index is 12.4.